The van der Waals surface area contributed by atoms with Crippen molar-refractivity contribution in [2.45, 2.75) is 51.9 Å². The number of aliphatic hydroxyl groups excluding tert-OH is 1. The van der Waals surface area contributed by atoms with E-state index < -0.39 is 0 Å². The molecule has 0 amide bonds. The molecular weight excluding hydrogens is 260 g/mol. The van der Waals surface area contributed by atoms with Gasteiger partial charge in [-0.25, -0.2) is 0 Å². The molecule has 2 nitrogen and oxygen atoms in total. The van der Waals surface area contributed by atoms with Gasteiger partial charge in [0.05, 0.1) is 0 Å². The fourth-order valence-corrected chi connectivity index (χ4v) is 6.27. The lowest BCUT2D eigenvalue weighted by molar-refractivity contribution is -0.111. The Morgan fingerprint density at radius 3 is 2.90 bits per heavy atom. The van der Waals surface area contributed by atoms with Crippen molar-refractivity contribution in [3.05, 3.63) is 23.8 Å². The van der Waals surface area contributed by atoms with E-state index in [1.54, 1.807) is 6.08 Å². The van der Waals surface area contributed by atoms with E-state index in [4.69, 9.17) is 0 Å². The predicted octanol–water partition coefficient (Wildman–Crippen LogP) is 3.66. The molecule has 0 spiro atoms. The van der Waals surface area contributed by atoms with Crippen molar-refractivity contribution < 1.29 is 9.90 Å². The molecule has 4 rings (SSSR count). The molecule has 114 valence electrons. The van der Waals surface area contributed by atoms with Crippen molar-refractivity contribution in [3.63, 3.8) is 0 Å². The molecule has 0 radical (unpaired) electrons. The van der Waals surface area contributed by atoms with Crippen molar-refractivity contribution in [1.29, 1.82) is 0 Å². The van der Waals surface area contributed by atoms with Crippen LogP contribution in [0.4, 0.5) is 0 Å². The van der Waals surface area contributed by atoms with Crippen LogP contribution in [0, 0.1) is 28.6 Å². The van der Waals surface area contributed by atoms with Crippen LogP contribution in [0.2, 0.25) is 0 Å². The van der Waals surface area contributed by atoms with Crippen LogP contribution in [-0.2, 0) is 4.79 Å². The predicted molar refractivity (Wildman–Crippen MR) is 82.6 cm³/mol. The Bertz CT molecular complexity index is 532. The van der Waals surface area contributed by atoms with E-state index in [1.807, 2.05) is 6.08 Å². The van der Waals surface area contributed by atoms with Gasteiger partial charge in [-0.3, -0.25) is 4.79 Å². The molecular formula is C19H26O2. The Labute approximate surface area is 127 Å². The fourth-order valence-electron chi connectivity index (χ4n) is 6.27. The molecule has 0 unspecified atom stereocenters. The summed E-state index contributed by atoms with van der Waals surface area (Å²) in [6.45, 7) is 2.73. The minimum Gasteiger partial charge on any atom is -0.396 e. The summed E-state index contributed by atoms with van der Waals surface area (Å²) in [4.78, 5) is 11.7. The van der Waals surface area contributed by atoms with Gasteiger partial charge in [0, 0.05) is 12.0 Å². The lowest BCUT2D eigenvalue weighted by Gasteiger charge is -2.56. The van der Waals surface area contributed by atoms with Crippen LogP contribution in [0.1, 0.15) is 51.9 Å². The summed E-state index contributed by atoms with van der Waals surface area (Å²) in [6, 6.07) is 0. The first kappa shape index (κ1) is 13.8. The minimum absolute atomic E-state index is 0.0982. The molecule has 0 aromatic carbocycles. The van der Waals surface area contributed by atoms with Crippen molar-refractivity contribution >= 4 is 5.78 Å². The quantitative estimate of drug-likeness (QED) is 0.799. The zero-order valence-corrected chi connectivity index (χ0v) is 13.0. The molecule has 0 bridgehead atoms. The summed E-state index contributed by atoms with van der Waals surface area (Å²) < 4.78 is 0. The molecule has 0 aromatic rings. The molecule has 2 heteroatoms. The lowest BCUT2D eigenvalue weighted by Crippen LogP contribution is -2.50. The highest BCUT2D eigenvalue weighted by molar-refractivity contribution is 6.01. The summed E-state index contributed by atoms with van der Waals surface area (Å²) >= 11 is 0. The van der Waals surface area contributed by atoms with E-state index in [2.05, 4.69) is 13.0 Å². The Kier molecular flexibility index (Phi) is 2.98. The smallest absolute Gasteiger partial charge is 0.178 e. The van der Waals surface area contributed by atoms with Gasteiger partial charge in [-0.2, -0.15) is 0 Å². The number of rotatable bonds is 1. The fraction of sp³-hybridized carbons (Fsp3) is 0.737. The van der Waals surface area contributed by atoms with Crippen LogP contribution in [0.3, 0.4) is 0 Å². The molecule has 21 heavy (non-hydrogen) atoms. The number of fused-ring (bicyclic) bond motifs is 5. The van der Waals surface area contributed by atoms with Gasteiger partial charge in [-0.1, -0.05) is 25.0 Å². The Balaban J connectivity index is 1.70. The van der Waals surface area contributed by atoms with E-state index in [0.29, 0.717) is 18.4 Å². The van der Waals surface area contributed by atoms with Crippen LogP contribution in [0.15, 0.2) is 23.8 Å². The number of hydrogen-bond donors (Lipinski definition) is 1. The van der Waals surface area contributed by atoms with Crippen LogP contribution >= 0.6 is 0 Å². The summed E-state index contributed by atoms with van der Waals surface area (Å²) in [5.74, 6) is 2.30. The Morgan fingerprint density at radius 1 is 1.24 bits per heavy atom. The topological polar surface area (TPSA) is 37.3 Å². The second kappa shape index (κ2) is 4.55. The first-order valence-corrected chi connectivity index (χ1v) is 8.64. The SMILES string of the molecule is C[C@]12C=CC(=O)C=C1CC[C@H]1[C@@H]3CCC[C@@]3(CO)CC[C@@H]12. The highest BCUT2D eigenvalue weighted by Gasteiger charge is 2.56. The van der Waals surface area contributed by atoms with Gasteiger partial charge >= 0.3 is 0 Å². The molecule has 1 N–H and O–H groups in total. The summed E-state index contributed by atoms with van der Waals surface area (Å²) in [5, 5.41) is 10.0. The summed E-state index contributed by atoms with van der Waals surface area (Å²) in [6.07, 6.45) is 14.4. The Hall–Kier alpha value is -0.890. The largest absolute Gasteiger partial charge is 0.396 e. The van der Waals surface area contributed by atoms with Crippen LogP contribution in [0.5, 0.6) is 0 Å². The van der Waals surface area contributed by atoms with Crippen LogP contribution in [0.25, 0.3) is 0 Å². The molecule has 0 aromatic heterocycles. The molecule has 3 saturated carbocycles. The first-order chi connectivity index (χ1) is 10.1. The van der Waals surface area contributed by atoms with Crippen molar-refractivity contribution in [2.24, 2.45) is 28.6 Å². The van der Waals surface area contributed by atoms with E-state index in [1.165, 1.54) is 44.1 Å². The highest BCUT2D eigenvalue weighted by Crippen LogP contribution is 2.64. The van der Waals surface area contributed by atoms with Crippen molar-refractivity contribution in [3.8, 4) is 0 Å². The summed E-state index contributed by atoms with van der Waals surface area (Å²) in [7, 11) is 0. The number of ketones is 1. The maximum absolute atomic E-state index is 11.7. The van der Waals surface area contributed by atoms with E-state index in [0.717, 1.165) is 12.3 Å². The maximum Gasteiger partial charge on any atom is 0.178 e. The number of hydrogen-bond acceptors (Lipinski definition) is 2. The third-order valence-corrected chi connectivity index (χ3v) is 7.40. The zero-order valence-electron chi connectivity index (χ0n) is 13.0. The van der Waals surface area contributed by atoms with Gasteiger partial charge in [-0.15, -0.1) is 0 Å². The molecule has 0 heterocycles. The Morgan fingerprint density at radius 2 is 2.10 bits per heavy atom. The molecule has 4 aliphatic rings. The maximum atomic E-state index is 11.7. The van der Waals surface area contributed by atoms with Gasteiger partial charge in [0.25, 0.3) is 0 Å². The van der Waals surface area contributed by atoms with Gasteiger partial charge < -0.3 is 5.11 Å². The first-order valence-electron chi connectivity index (χ1n) is 8.64. The monoisotopic (exact) mass is 286 g/mol. The molecule has 0 aliphatic heterocycles. The number of allylic oxidation sites excluding steroid dienone is 4. The highest BCUT2D eigenvalue weighted by atomic mass is 16.3. The van der Waals surface area contributed by atoms with E-state index in [-0.39, 0.29) is 16.6 Å². The normalized spacial score (nSPS) is 48.4. The van der Waals surface area contributed by atoms with Gasteiger partial charge in [0.2, 0.25) is 0 Å². The number of aliphatic hydroxyl groups is 1. The second-order valence-electron chi connectivity index (χ2n) is 8.05. The summed E-state index contributed by atoms with van der Waals surface area (Å²) in [5.41, 5.74) is 1.69. The molecule has 3 fully saturated rings. The molecule has 5 atom stereocenters. The number of carbonyl (C=O) groups is 1. The average molecular weight is 286 g/mol. The van der Waals surface area contributed by atoms with Crippen LogP contribution in [-0.4, -0.2) is 17.5 Å². The lowest BCUT2D eigenvalue weighted by atomic mass is 9.48. The molecule has 4 aliphatic carbocycles. The third-order valence-electron chi connectivity index (χ3n) is 7.40. The van der Waals surface area contributed by atoms with Gasteiger partial charge in [0.1, 0.15) is 0 Å². The van der Waals surface area contributed by atoms with E-state index >= 15 is 0 Å². The number of carbonyl (C=O) groups excluding carboxylic acids is 1. The van der Waals surface area contributed by atoms with Gasteiger partial charge in [0.15, 0.2) is 5.78 Å². The van der Waals surface area contributed by atoms with Crippen molar-refractivity contribution in [2.75, 3.05) is 6.61 Å². The van der Waals surface area contributed by atoms with Gasteiger partial charge in [-0.05, 0) is 73.8 Å². The molecule has 0 saturated heterocycles. The standard InChI is InChI=1S/C19H26O2/c1-18-9-6-14(21)11-13(18)4-5-15-16(18)7-10-19(12-20)8-2-3-17(15)19/h6,9,11,15-17,20H,2-5,7-8,10,12H2,1H3/t15-,16+,17+,18+,19+/m1/s1. The van der Waals surface area contributed by atoms with E-state index in [9.17, 15) is 9.90 Å². The van der Waals surface area contributed by atoms with Crippen LogP contribution < -0.4 is 0 Å². The second-order valence-corrected chi connectivity index (χ2v) is 8.05. The minimum atomic E-state index is 0.0982. The zero-order chi connectivity index (χ0) is 14.7. The average Bonchev–Trinajstić information content (AvgIpc) is 2.92. The van der Waals surface area contributed by atoms with Crippen molar-refractivity contribution in [1.82, 2.24) is 0 Å². The third kappa shape index (κ3) is 1.78.